The Balaban J connectivity index is 2.02. The van der Waals surface area contributed by atoms with Crippen molar-refractivity contribution in [1.29, 1.82) is 5.26 Å². The van der Waals surface area contributed by atoms with E-state index in [4.69, 9.17) is 11.0 Å². The summed E-state index contributed by atoms with van der Waals surface area (Å²) in [6.45, 7) is 0. The predicted molar refractivity (Wildman–Crippen MR) is 62.9 cm³/mol. The second-order valence-electron chi connectivity index (χ2n) is 4.22. The molecule has 1 fully saturated rings. The monoisotopic (exact) mass is 230 g/mol. The number of nitrogens with one attached hydrogen (secondary N) is 1. The lowest BCUT2D eigenvalue weighted by atomic mass is 10.1. The van der Waals surface area contributed by atoms with Gasteiger partial charge in [0.05, 0.1) is 23.9 Å². The third-order valence-corrected chi connectivity index (χ3v) is 3.02. The van der Waals surface area contributed by atoms with Crippen LogP contribution in [0.15, 0.2) is 18.3 Å². The van der Waals surface area contributed by atoms with Gasteiger partial charge in [-0.2, -0.15) is 5.26 Å². The number of aromatic nitrogens is 1. The minimum Gasteiger partial charge on any atom is -0.397 e. The lowest BCUT2D eigenvalue weighted by Crippen LogP contribution is -2.37. The van der Waals surface area contributed by atoms with Gasteiger partial charge in [0.1, 0.15) is 5.69 Å². The first-order valence-electron chi connectivity index (χ1n) is 5.62. The summed E-state index contributed by atoms with van der Waals surface area (Å²) >= 11 is 0. The number of hydrogen-bond donors (Lipinski definition) is 2. The van der Waals surface area contributed by atoms with Crippen LogP contribution in [0.4, 0.5) is 5.69 Å². The Bertz CT molecular complexity index is 449. The van der Waals surface area contributed by atoms with Gasteiger partial charge >= 0.3 is 0 Å². The van der Waals surface area contributed by atoms with Gasteiger partial charge in [-0.1, -0.05) is 0 Å². The third-order valence-electron chi connectivity index (χ3n) is 3.02. The SMILES string of the molecule is N#CC1CCCC1NC(=O)c1ccc(N)cn1. The molecule has 0 aromatic carbocycles. The van der Waals surface area contributed by atoms with Crippen LogP contribution in [0.1, 0.15) is 29.8 Å². The maximum absolute atomic E-state index is 11.8. The summed E-state index contributed by atoms with van der Waals surface area (Å²) < 4.78 is 0. The van der Waals surface area contributed by atoms with Crippen molar-refractivity contribution in [2.24, 2.45) is 5.92 Å². The largest absolute Gasteiger partial charge is 0.397 e. The first kappa shape index (κ1) is 11.4. The molecule has 1 aromatic heterocycles. The molecule has 1 aliphatic carbocycles. The molecule has 0 spiro atoms. The Hall–Kier alpha value is -2.09. The highest BCUT2D eigenvalue weighted by Gasteiger charge is 2.28. The first-order chi connectivity index (χ1) is 8.20. The summed E-state index contributed by atoms with van der Waals surface area (Å²) in [4.78, 5) is 15.8. The van der Waals surface area contributed by atoms with E-state index in [1.807, 2.05) is 0 Å². The van der Waals surface area contributed by atoms with Crippen LogP contribution >= 0.6 is 0 Å². The molecular weight excluding hydrogens is 216 g/mol. The Morgan fingerprint density at radius 1 is 1.53 bits per heavy atom. The Morgan fingerprint density at radius 3 is 3.00 bits per heavy atom. The number of carbonyl (C=O) groups is 1. The molecule has 2 atom stereocenters. The predicted octanol–water partition coefficient (Wildman–Crippen LogP) is 1.09. The summed E-state index contributed by atoms with van der Waals surface area (Å²) in [6, 6.07) is 5.40. The normalized spacial score (nSPS) is 23.0. The van der Waals surface area contributed by atoms with Crippen LogP contribution in [-0.2, 0) is 0 Å². The summed E-state index contributed by atoms with van der Waals surface area (Å²) in [6.07, 6.45) is 4.15. The number of amides is 1. The van der Waals surface area contributed by atoms with Crippen molar-refractivity contribution in [3.63, 3.8) is 0 Å². The van der Waals surface area contributed by atoms with E-state index in [0.717, 1.165) is 19.3 Å². The molecule has 1 saturated carbocycles. The fraction of sp³-hybridized carbons (Fsp3) is 0.417. The van der Waals surface area contributed by atoms with E-state index >= 15 is 0 Å². The molecular formula is C12H14N4O. The summed E-state index contributed by atoms with van der Waals surface area (Å²) in [5.41, 5.74) is 6.36. The summed E-state index contributed by atoms with van der Waals surface area (Å²) in [7, 11) is 0. The number of pyridine rings is 1. The van der Waals surface area contributed by atoms with Crippen LogP contribution in [0, 0.1) is 17.2 Å². The molecule has 2 rings (SSSR count). The average Bonchev–Trinajstić information content (AvgIpc) is 2.77. The van der Waals surface area contributed by atoms with Crippen LogP contribution in [-0.4, -0.2) is 16.9 Å². The van der Waals surface area contributed by atoms with Gasteiger partial charge in [-0.3, -0.25) is 4.79 Å². The molecule has 17 heavy (non-hydrogen) atoms. The van der Waals surface area contributed by atoms with Crippen molar-refractivity contribution >= 4 is 11.6 Å². The molecule has 88 valence electrons. The number of nitrogen functional groups attached to an aromatic ring is 1. The number of hydrogen-bond acceptors (Lipinski definition) is 4. The maximum atomic E-state index is 11.8. The van der Waals surface area contributed by atoms with Crippen molar-refractivity contribution in [2.75, 3.05) is 5.73 Å². The van der Waals surface area contributed by atoms with Crippen molar-refractivity contribution < 1.29 is 4.79 Å². The highest BCUT2D eigenvalue weighted by molar-refractivity contribution is 5.92. The van der Waals surface area contributed by atoms with Crippen LogP contribution in [0.25, 0.3) is 0 Å². The molecule has 2 unspecified atom stereocenters. The van der Waals surface area contributed by atoms with Crippen LogP contribution in [0.5, 0.6) is 0 Å². The molecule has 1 amide bonds. The maximum Gasteiger partial charge on any atom is 0.270 e. The molecule has 1 aromatic rings. The van der Waals surface area contributed by atoms with E-state index in [1.54, 1.807) is 12.1 Å². The molecule has 0 radical (unpaired) electrons. The number of anilines is 1. The average molecular weight is 230 g/mol. The zero-order chi connectivity index (χ0) is 12.3. The number of carbonyl (C=O) groups excluding carboxylic acids is 1. The smallest absolute Gasteiger partial charge is 0.270 e. The van der Waals surface area contributed by atoms with Gasteiger partial charge in [-0.25, -0.2) is 4.98 Å². The minimum absolute atomic E-state index is 0.0492. The molecule has 1 aliphatic rings. The number of nitrogens with two attached hydrogens (primary N) is 1. The second kappa shape index (κ2) is 4.83. The molecule has 5 heteroatoms. The van der Waals surface area contributed by atoms with E-state index in [-0.39, 0.29) is 17.9 Å². The standard InChI is InChI=1S/C12H14N4O/c13-6-8-2-1-3-10(8)16-12(17)11-5-4-9(14)7-15-11/h4-5,7-8,10H,1-3,14H2,(H,16,17). The molecule has 5 nitrogen and oxygen atoms in total. The van der Waals surface area contributed by atoms with Gasteiger partial charge in [0.2, 0.25) is 0 Å². The van der Waals surface area contributed by atoms with E-state index in [9.17, 15) is 4.79 Å². The quantitative estimate of drug-likeness (QED) is 0.795. The molecule has 0 saturated heterocycles. The molecule has 0 bridgehead atoms. The number of nitriles is 1. The first-order valence-corrected chi connectivity index (χ1v) is 5.62. The van der Waals surface area contributed by atoms with Gasteiger partial charge in [-0.15, -0.1) is 0 Å². The van der Waals surface area contributed by atoms with Crippen molar-refractivity contribution in [3.8, 4) is 6.07 Å². The van der Waals surface area contributed by atoms with Crippen molar-refractivity contribution in [3.05, 3.63) is 24.0 Å². The van der Waals surface area contributed by atoms with E-state index in [0.29, 0.717) is 11.4 Å². The lowest BCUT2D eigenvalue weighted by molar-refractivity contribution is 0.0928. The van der Waals surface area contributed by atoms with Gasteiger partial charge in [0, 0.05) is 6.04 Å². The van der Waals surface area contributed by atoms with Crippen LogP contribution < -0.4 is 11.1 Å². The Morgan fingerprint density at radius 2 is 2.35 bits per heavy atom. The zero-order valence-electron chi connectivity index (χ0n) is 9.39. The van der Waals surface area contributed by atoms with Crippen molar-refractivity contribution in [2.45, 2.75) is 25.3 Å². The van der Waals surface area contributed by atoms with Crippen molar-refractivity contribution in [1.82, 2.24) is 10.3 Å². The highest BCUT2D eigenvalue weighted by atomic mass is 16.1. The minimum atomic E-state index is -0.239. The van der Waals surface area contributed by atoms with E-state index < -0.39 is 0 Å². The Labute approximate surface area is 99.6 Å². The van der Waals surface area contributed by atoms with Crippen LogP contribution in [0.2, 0.25) is 0 Å². The Kier molecular flexibility index (Phi) is 3.24. The number of nitrogens with zero attached hydrogens (tertiary/aromatic N) is 2. The van der Waals surface area contributed by atoms with Gasteiger partial charge in [0.15, 0.2) is 0 Å². The zero-order valence-corrected chi connectivity index (χ0v) is 9.39. The molecule has 0 aliphatic heterocycles. The fourth-order valence-electron chi connectivity index (χ4n) is 2.07. The highest BCUT2D eigenvalue weighted by Crippen LogP contribution is 2.24. The third kappa shape index (κ3) is 2.53. The topological polar surface area (TPSA) is 91.8 Å². The van der Waals surface area contributed by atoms with E-state index in [2.05, 4.69) is 16.4 Å². The van der Waals surface area contributed by atoms with Crippen LogP contribution in [0.3, 0.4) is 0 Å². The molecule has 1 heterocycles. The summed E-state index contributed by atoms with van der Waals surface area (Å²) in [5, 5.41) is 11.8. The molecule has 3 N–H and O–H groups in total. The van der Waals surface area contributed by atoms with Gasteiger partial charge < -0.3 is 11.1 Å². The van der Waals surface area contributed by atoms with Gasteiger partial charge in [0.25, 0.3) is 5.91 Å². The summed E-state index contributed by atoms with van der Waals surface area (Å²) in [5.74, 6) is -0.315. The van der Waals surface area contributed by atoms with E-state index in [1.165, 1.54) is 6.20 Å². The fourth-order valence-corrected chi connectivity index (χ4v) is 2.07. The van der Waals surface area contributed by atoms with Gasteiger partial charge in [-0.05, 0) is 31.4 Å². The second-order valence-corrected chi connectivity index (χ2v) is 4.22. The lowest BCUT2D eigenvalue weighted by Gasteiger charge is -2.15. The number of rotatable bonds is 2.